The molecule has 0 spiro atoms. The van der Waals surface area contributed by atoms with Gasteiger partial charge in [-0.2, -0.15) is 0 Å². The van der Waals surface area contributed by atoms with Gasteiger partial charge in [-0.25, -0.2) is 0 Å². The van der Waals surface area contributed by atoms with Gasteiger partial charge in [0.2, 0.25) is 0 Å². The van der Waals surface area contributed by atoms with Crippen molar-refractivity contribution in [1.29, 1.82) is 0 Å². The van der Waals surface area contributed by atoms with Crippen molar-refractivity contribution in [3.05, 3.63) is 58.6 Å². The number of hydrogen-bond acceptors (Lipinski definition) is 4. The lowest BCUT2D eigenvalue weighted by atomic mass is 10.2. The summed E-state index contributed by atoms with van der Waals surface area (Å²) in [6, 6.07) is 14.0. The average molecular weight is 258 g/mol. The van der Waals surface area contributed by atoms with E-state index in [1.165, 1.54) is 12.1 Å². The summed E-state index contributed by atoms with van der Waals surface area (Å²) < 4.78 is 5.30. The van der Waals surface area contributed by atoms with Crippen molar-refractivity contribution in [3.63, 3.8) is 0 Å². The van der Waals surface area contributed by atoms with Gasteiger partial charge in [0.25, 0.3) is 5.69 Å². The van der Waals surface area contributed by atoms with Gasteiger partial charge in [0.05, 0.1) is 17.7 Å². The van der Waals surface area contributed by atoms with Crippen LogP contribution in [0.15, 0.2) is 48.5 Å². The summed E-state index contributed by atoms with van der Waals surface area (Å²) in [5.41, 5.74) is 1.84. The summed E-state index contributed by atoms with van der Waals surface area (Å²) in [4.78, 5) is 12.1. The zero-order valence-corrected chi connectivity index (χ0v) is 10.7. The molecule has 0 fully saturated rings. The molecule has 0 atom stereocenters. The second kappa shape index (κ2) is 5.39. The van der Waals surface area contributed by atoms with Crippen LogP contribution in [0.1, 0.15) is 0 Å². The molecule has 0 aliphatic carbocycles. The Balaban J connectivity index is 2.33. The second-order valence-corrected chi connectivity index (χ2v) is 4.00. The first kappa shape index (κ1) is 12.9. The van der Waals surface area contributed by atoms with Crippen molar-refractivity contribution in [1.82, 2.24) is 0 Å². The number of benzene rings is 2. The Morgan fingerprint density at radius 3 is 2.32 bits per heavy atom. The van der Waals surface area contributed by atoms with Gasteiger partial charge >= 0.3 is 0 Å². The number of nitro groups is 1. The van der Waals surface area contributed by atoms with Crippen LogP contribution in [0, 0.1) is 10.1 Å². The molecule has 0 heterocycles. The zero-order valence-electron chi connectivity index (χ0n) is 10.7. The Hall–Kier alpha value is -2.56. The average Bonchev–Trinajstić information content (AvgIpc) is 2.46. The quantitative estimate of drug-likeness (QED) is 0.623. The van der Waals surface area contributed by atoms with E-state index in [2.05, 4.69) is 0 Å². The van der Waals surface area contributed by atoms with E-state index in [0.29, 0.717) is 0 Å². The highest BCUT2D eigenvalue weighted by atomic mass is 16.6. The lowest BCUT2D eigenvalue weighted by Gasteiger charge is -2.21. The number of anilines is 2. The normalized spacial score (nSPS) is 10.0. The first-order valence-electron chi connectivity index (χ1n) is 5.74. The maximum Gasteiger partial charge on any atom is 0.269 e. The maximum atomic E-state index is 10.6. The summed E-state index contributed by atoms with van der Waals surface area (Å²) in [5, 5.41) is 10.6. The predicted molar refractivity (Wildman–Crippen MR) is 74.2 cm³/mol. The number of methoxy groups -OCH3 is 1. The van der Waals surface area contributed by atoms with Crippen LogP contribution in [-0.4, -0.2) is 19.1 Å². The monoisotopic (exact) mass is 258 g/mol. The fourth-order valence-electron chi connectivity index (χ4n) is 1.84. The van der Waals surface area contributed by atoms with E-state index >= 15 is 0 Å². The summed E-state index contributed by atoms with van der Waals surface area (Å²) in [7, 11) is 3.50. The molecule has 0 aliphatic rings. The number of rotatable bonds is 4. The van der Waals surface area contributed by atoms with Crippen molar-refractivity contribution < 1.29 is 9.66 Å². The molecule has 2 aromatic rings. The number of hydrogen-bond donors (Lipinski definition) is 0. The van der Waals surface area contributed by atoms with Crippen molar-refractivity contribution in [2.75, 3.05) is 19.1 Å². The minimum absolute atomic E-state index is 0.0807. The topological polar surface area (TPSA) is 55.6 Å². The summed E-state index contributed by atoms with van der Waals surface area (Å²) in [6.45, 7) is 0. The summed E-state index contributed by atoms with van der Waals surface area (Å²) in [5.74, 6) is 0.753. The van der Waals surface area contributed by atoms with Crippen LogP contribution < -0.4 is 9.64 Å². The van der Waals surface area contributed by atoms with E-state index in [1.54, 1.807) is 19.2 Å². The number of nitrogens with zero attached hydrogens (tertiary/aromatic N) is 2. The molecule has 0 N–H and O–H groups in total. The van der Waals surface area contributed by atoms with E-state index in [4.69, 9.17) is 4.74 Å². The number of ether oxygens (including phenoxy) is 1. The molecule has 2 aromatic carbocycles. The number of para-hydroxylation sites is 2. The van der Waals surface area contributed by atoms with E-state index in [9.17, 15) is 10.1 Å². The highest BCUT2D eigenvalue weighted by Gasteiger charge is 2.11. The fraction of sp³-hybridized carbons (Fsp3) is 0.143. The van der Waals surface area contributed by atoms with Crippen molar-refractivity contribution in [3.8, 4) is 5.75 Å². The van der Waals surface area contributed by atoms with Crippen LogP contribution >= 0.6 is 0 Å². The van der Waals surface area contributed by atoms with E-state index < -0.39 is 4.92 Å². The van der Waals surface area contributed by atoms with E-state index in [0.717, 1.165) is 17.1 Å². The predicted octanol–water partition coefficient (Wildman–Crippen LogP) is 3.37. The van der Waals surface area contributed by atoms with Gasteiger partial charge in [0.15, 0.2) is 0 Å². The molecule has 98 valence electrons. The van der Waals surface area contributed by atoms with Crippen LogP contribution in [0.3, 0.4) is 0 Å². The largest absolute Gasteiger partial charge is 0.495 e. The first-order chi connectivity index (χ1) is 9.13. The van der Waals surface area contributed by atoms with E-state index in [1.807, 2.05) is 36.2 Å². The Morgan fingerprint density at radius 2 is 1.74 bits per heavy atom. The van der Waals surface area contributed by atoms with Crippen molar-refractivity contribution in [2.24, 2.45) is 0 Å². The van der Waals surface area contributed by atoms with Gasteiger partial charge in [-0.3, -0.25) is 10.1 Å². The zero-order chi connectivity index (χ0) is 13.8. The molecule has 0 amide bonds. The smallest absolute Gasteiger partial charge is 0.269 e. The van der Waals surface area contributed by atoms with Gasteiger partial charge < -0.3 is 9.64 Å². The van der Waals surface area contributed by atoms with E-state index in [-0.39, 0.29) is 5.69 Å². The van der Waals surface area contributed by atoms with Crippen LogP contribution in [0.4, 0.5) is 17.1 Å². The molecule has 5 heteroatoms. The molecule has 0 saturated carbocycles. The summed E-state index contributed by atoms with van der Waals surface area (Å²) >= 11 is 0. The molecule has 0 saturated heterocycles. The highest BCUT2D eigenvalue weighted by Crippen LogP contribution is 2.32. The van der Waals surface area contributed by atoms with Crippen LogP contribution in [0.25, 0.3) is 0 Å². The van der Waals surface area contributed by atoms with Crippen molar-refractivity contribution >= 4 is 17.1 Å². The standard InChI is InChI=1S/C14H14N2O3/c1-15(13-5-3-4-6-14(13)19-2)11-7-9-12(10-8-11)16(17)18/h3-10H,1-2H3. The van der Waals surface area contributed by atoms with Crippen LogP contribution in [0.5, 0.6) is 5.75 Å². The molecule has 5 nitrogen and oxygen atoms in total. The highest BCUT2D eigenvalue weighted by molar-refractivity contribution is 5.69. The van der Waals surface area contributed by atoms with Crippen LogP contribution in [0.2, 0.25) is 0 Å². The molecule has 0 unspecified atom stereocenters. The van der Waals surface area contributed by atoms with Gasteiger partial charge in [-0.05, 0) is 24.3 Å². The first-order valence-corrected chi connectivity index (χ1v) is 5.74. The molecule has 0 bridgehead atoms. The Kier molecular flexibility index (Phi) is 3.66. The maximum absolute atomic E-state index is 10.6. The Bertz CT molecular complexity index is 581. The minimum Gasteiger partial charge on any atom is -0.495 e. The molecule has 0 radical (unpaired) electrons. The van der Waals surface area contributed by atoms with Crippen LogP contribution in [-0.2, 0) is 0 Å². The van der Waals surface area contributed by atoms with Gasteiger partial charge in [-0.1, -0.05) is 12.1 Å². The molecular formula is C14H14N2O3. The third-order valence-corrected chi connectivity index (χ3v) is 2.89. The van der Waals surface area contributed by atoms with Gasteiger partial charge in [0, 0.05) is 24.9 Å². The minimum atomic E-state index is -0.410. The second-order valence-electron chi connectivity index (χ2n) is 4.00. The number of nitro benzene ring substituents is 1. The lowest BCUT2D eigenvalue weighted by Crippen LogP contribution is -2.10. The molecule has 0 aromatic heterocycles. The van der Waals surface area contributed by atoms with Crippen molar-refractivity contribution in [2.45, 2.75) is 0 Å². The molecule has 19 heavy (non-hydrogen) atoms. The third-order valence-electron chi connectivity index (χ3n) is 2.89. The third kappa shape index (κ3) is 2.65. The fourth-order valence-corrected chi connectivity index (χ4v) is 1.84. The molecule has 2 rings (SSSR count). The number of non-ortho nitro benzene ring substituents is 1. The lowest BCUT2D eigenvalue weighted by molar-refractivity contribution is -0.384. The Morgan fingerprint density at radius 1 is 1.11 bits per heavy atom. The molecular weight excluding hydrogens is 244 g/mol. The molecule has 0 aliphatic heterocycles. The van der Waals surface area contributed by atoms with Gasteiger partial charge in [-0.15, -0.1) is 0 Å². The van der Waals surface area contributed by atoms with Gasteiger partial charge in [0.1, 0.15) is 5.75 Å². The Labute approximate surface area is 111 Å². The summed E-state index contributed by atoms with van der Waals surface area (Å²) in [6.07, 6.45) is 0. The SMILES string of the molecule is COc1ccccc1N(C)c1ccc([N+](=O)[O-])cc1.